The molecule has 0 saturated carbocycles. The van der Waals surface area contributed by atoms with Gasteiger partial charge in [0.25, 0.3) is 0 Å². The average molecular weight is 430 g/mol. The molecule has 3 aromatic rings. The zero-order valence-corrected chi connectivity index (χ0v) is 16.9. The second-order valence-electron chi connectivity index (χ2n) is 6.02. The molecule has 7 heteroatoms. The summed E-state index contributed by atoms with van der Waals surface area (Å²) in [4.78, 5) is 15.4. The Labute approximate surface area is 178 Å². The number of methoxy groups -OCH3 is 1. The normalized spacial score (nSPS) is 10.9. The SMILES string of the molecule is COc1cccc(C=Nc2ccc(Cl)cc2Cl)c1OCc1ccc(C(=O)O)cc1. The molecule has 0 aliphatic carbocycles. The molecule has 5 nitrogen and oxygen atoms in total. The van der Waals surface area contributed by atoms with E-state index in [1.54, 1.807) is 49.7 Å². The van der Waals surface area contributed by atoms with Crippen LogP contribution < -0.4 is 9.47 Å². The van der Waals surface area contributed by atoms with Gasteiger partial charge in [0.2, 0.25) is 0 Å². The number of carboxylic acid groups (broad SMARTS) is 1. The number of nitrogens with zero attached hydrogens (tertiary/aromatic N) is 1. The summed E-state index contributed by atoms with van der Waals surface area (Å²) in [7, 11) is 1.56. The third-order valence-electron chi connectivity index (χ3n) is 4.07. The van der Waals surface area contributed by atoms with Gasteiger partial charge in [-0.15, -0.1) is 0 Å². The monoisotopic (exact) mass is 429 g/mol. The number of hydrogen-bond acceptors (Lipinski definition) is 4. The van der Waals surface area contributed by atoms with E-state index < -0.39 is 5.97 Å². The molecule has 3 rings (SSSR count). The Morgan fingerprint density at radius 3 is 2.52 bits per heavy atom. The molecule has 0 aromatic heterocycles. The largest absolute Gasteiger partial charge is 0.493 e. The van der Waals surface area contributed by atoms with Crippen molar-refractivity contribution in [3.8, 4) is 11.5 Å². The Hall–Kier alpha value is -3.02. The Morgan fingerprint density at radius 1 is 1.10 bits per heavy atom. The van der Waals surface area contributed by atoms with Gasteiger partial charge >= 0.3 is 5.97 Å². The zero-order chi connectivity index (χ0) is 20.8. The molecule has 0 saturated heterocycles. The topological polar surface area (TPSA) is 68.1 Å². The minimum Gasteiger partial charge on any atom is -0.493 e. The first-order valence-electron chi connectivity index (χ1n) is 8.59. The van der Waals surface area contributed by atoms with Crippen LogP contribution in [0.4, 0.5) is 5.69 Å². The number of aromatic carboxylic acids is 1. The summed E-state index contributed by atoms with van der Waals surface area (Å²) < 4.78 is 11.4. The zero-order valence-electron chi connectivity index (χ0n) is 15.4. The van der Waals surface area contributed by atoms with E-state index in [2.05, 4.69) is 4.99 Å². The summed E-state index contributed by atoms with van der Waals surface area (Å²) in [6.45, 7) is 0.239. The lowest BCUT2D eigenvalue weighted by Gasteiger charge is -2.13. The molecular formula is C22H17Cl2NO4. The van der Waals surface area contributed by atoms with E-state index in [0.717, 1.165) is 5.56 Å². The maximum absolute atomic E-state index is 11.0. The maximum atomic E-state index is 11.0. The molecule has 0 heterocycles. The summed E-state index contributed by atoms with van der Waals surface area (Å²) in [5.74, 6) is 0.103. The van der Waals surface area contributed by atoms with Crippen LogP contribution in [0.15, 0.2) is 65.7 Å². The molecule has 0 bridgehead atoms. The number of para-hydroxylation sites is 1. The number of ether oxygens (including phenoxy) is 2. The standard InChI is InChI=1S/C22H17Cl2NO4/c1-28-20-4-2-3-16(12-25-19-10-9-17(23)11-18(19)24)21(20)29-13-14-5-7-15(8-6-14)22(26)27/h2-12H,13H2,1H3,(H,26,27). The molecule has 0 amide bonds. The van der Waals surface area contributed by atoms with Crippen LogP contribution >= 0.6 is 23.2 Å². The lowest BCUT2D eigenvalue weighted by atomic mass is 10.1. The van der Waals surface area contributed by atoms with E-state index >= 15 is 0 Å². The molecule has 0 radical (unpaired) electrons. The summed E-state index contributed by atoms with van der Waals surface area (Å²) in [6, 6.07) is 17.0. The van der Waals surface area contributed by atoms with Crippen molar-refractivity contribution < 1.29 is 19.4 Å². The first-order valence-corrected chi connectivity index (χ1v) is 9.34. The lowest BCUT2D eigenvalue weighted by molar-refractivity contribution is 0.0697. The van der Waals surface area contributed by atoms with Crippen molar-refractivity contribution in [3.05, 3.63) is 87.4 Å². The summed E-state index contributed by atoms with van der Waals surface area (Å²) >= 11 is 12.1. The van der Waals surface area contributed by atoms with Crippen molar-refractivity contribution in [1.29, 1.82) is 0 Å². The van der Waals surface area contributed by atoms with Crippen LogP contribution in [0.1, 0.15) is 21.5 Å². The fraction of sp³-hybridized carbons (Fsp3) is 0.0909. The summed E-state index contributed by atoms with van der Waals surface area (Å²) in [5.41, 5.74) is 2.33. The molecule has 0 atom stereocenters. The van der Waals surface area contributed by atoms with Crippen molar-refractivity contribution in [3.63, 3.8) is 0 Å². The summed E-state index contributed by atoms with van der Waals surface area (Å²) in [6.07, 6.45) is 1.64. The minimum atomic E-state index is -0.971. The van der Waals surface area contributed by atoms with E-state index in [1.807, 2.05) is 12.1 Å². The smallest absolute Gasteiger partial charge is 0.335 e. The average Bonchev–Trinajstić information content (AvgIpc) is 2.72. The van der Waals surface area contributed by atoms with E-state index in [-0.39, 0.29) is 12.2 Å². The first kappa shape index (κ1) is 20.7. The number of halogens is 2. The van der Waals surface area contributed by atoms with Crippen molar-refractivity contribution in [1.82, 2.24) is 0 Å². The number of rotatable bonds is 7. The van der Waals surface area contributed by atoms with Gasteiger partial charge in [-0.1, -0.05) is 41.4 Å². The summed E-state index contributed by atoms with van der Waals surface area (Å²) in [5, 5.41) is 9.97. The van der Waals surface area contributed by atoms with Crippen molar-refractivity contribution in [2.24, 2.45) is 4.99 Å². The molecule has 3 aromatic carbocycles. The number of carbonyl (C=O) groups is 1. The van der Waals surface area contributed by atoms with Crippen LogP contribution in [0.5, 0.6) is 11.5 Å². The highest BCUT2D eigenvalue weighted by Gasteiger charge is 2.11. The molecule has 0 spiro atoms. The van der Waals surface area contributed by atoms with Crippen molar-refractivity contribution in [2.75, 3.05) is 7.11 Å². The minimum absolute atomic E-state index is 0.221. The fourth-order valence-electron chi connectivity index (χ4n) is 2.57. The predicted octanol–water partition coefficient (Wildman–Crippen LogP) is 6.03. The van der Waals surface area contributed by atoms with Crippen molar-refractivity contribution >= 4 is 41.1 Å². The van der Waals surface area contributed by atoms with Gasteiger partial charge < -0.3 is 14.6 Å². The third-order valence-corrected chi connectivity index (χ3v) is 4.60. The van der Waals surface area contributed by atoms with Gasteiger partial charge in [0.05, 0.1) is 23.4 Å². The van der Waals surface area contributed by atoms with Crippen LogP contribution in [0.2, 0.25) is 10.0 Å². The lowest BCUT2D eigenvalue weighted by Crippen LogP contribution is -2.02. The van der Waals surface area contributed by atoms with Gasteiger partial charge in [-0.25, -0.2) is 4.79 Å². The maximum Gasteiger partial charge on any atom is 0.335 e. The highest BCUT2D eigenvalue weighted by Crippen LogP contribution is 2.32. The Kier molecular flexibility index (Phi) is 6.75. The Morgan fingerprint density at radius 2 is 1.86 bits per heavy atom. The molecule has 0 aliphatic heterocycles. The van der Waals surface area contributed by atoms with Crippen LogP contribution in [-0.2, 0) is 6.61 Å². The molecule has 0 fully saturated rings. The number of aliphatic imine (C=N–C) groups is 1. The van der Waals surface area contributed by atoms with Gasteiger partial charge in [0, 0.05) is 16.8 Å². The Bertz CT molecular complexity index is 1050. The van der Waals surface area contributed by atoms with Gasteiger partial charge in [0.1, 0.15) is 6.61 Å². The molecular weight excluding hydrogens is 413 g/mol. The molecule has 0 unspecified atom stereocenters. The van der Waals surface area contributed by atoms with E-state index in [1.165, 1.54) is 12.1 Å². The van der Waals surface area contributed by atoms with Crippen molar-refractivity contribution in [2.45, 2.75) is 6.61 Å². The van der Waals surface area contributed by atoms with E-state index in [4.69, 9.17) is 37.8 Å². The number of benzene rings is 3. The first-order chi connectivity index (χ1) is 14.0. The molecule has 148 valence electrons. The molecule has 29 heavy (non-hydrogen) atoms. The second kappa shape index (κ2) is 9.45. The van der Waals surface area contributed by atoms with Crippen LogP contribution in [0.25, 0.3) is 0 Å². The van der Waals surface area contributed by atoms with E-state index in [0.29, 0.717) is 32.8 Å². The fourth-order valence-corrected chi connectivity index (χ4v) is 3.03. The predicted molar refractivity (Wildman–Crippen MR) is 114 cm³/mol. The van der Waals surface area contributed by atoms with Gasteiger partial charge in [0.15, 0.2) is 11.5 Å². The number of hydrogen-bond donors (Lipinski definition) is 1. The van der Waals surface area contributed by atoms with Crippen LogP contribution in [0, 0.1) is 0 Å². The third kappa shape index (κ3) is 5.28. The number of carboxylic acids is 1. The van der Waals surface area contributed by atoms with Crippen LogP contribution in [0.3, 0.4) is 0 Å². The highest BCUT2D eigenvalue weighted by atomic mass is 35.5. The highest BCUT2D eigenvalue weighted by molar-refractivity contribution is 6.36. The van der Waals surface area contributed by atoms with E-state index in [9.17, 15) is 4.79 Å². The molecule has 1 N–H and O–H groups in total. The van der Waals surface area contributed by atoms with Gasteiger partial charge in [-0.05, 0) is 48.0 Å². The molecule has 0 aliphatic rings. The van der Waals surface area contributed by atoms with Gasteiger partial charge in [-0.2, -0.15) is 0 Å². The second-order valence-corrected chi connectivity index (χ2v) is 6.87. The van der Waals surface area contributed by atoms with Crippen LogP contribution in [-0.4, -0.2) is 24.4 Å². The Balaban J connectivity index is 1.84. The van der Waals surface area contributed by atoms with Gasteiger partial charge in [-0.3, -0.25) is 4.99 Å². The quantitative estimate of drug-likeness (QED) is 0.465.